The van der Waals surface area contributed by atoms with E-state index in [2.05, 4.69) is 6.92 Å². The van der Waals surface area contributed by atoms with Crippen LogP contribution < -0.4 is 0 Å². The smallest absolute Gasteiger partial charge is 0.254 e. The Labute approximate surface area is 231 Å². The molecule has 0 unspecified atom stereocenters. The number of carbonyl (C=O) groups excluding carboxylic acids is 2. The van der Waals surface area contributed by atoms with Crippen molar-refractivity contribution in [3.63, 3.8) is 0 Å². The average molecular weight is 537 g/mol. The minimum absolute atomic E-state index is 0.0793. The van der Waals surface area contributed by atoms with Crippen LogP contribution in [0.4, 0.5) is 4.39 Å². The van der Waals surface area contributed by atoms with Crippen molar-refractivity contribution in [2.75, 3.05) is 26.3 Å². The van der Waals surface area contributed by atoms with Crippen LogP contribution in [0.5, 0.6) is 0 Å². The number of halogens is 1. The van der Waals surface area contributed by atoms with Crippen molar-refractivity contribution in [2.24, 2.45) is 0 Å². The Morgan fingerprint density at radius 1 is 0.846 bits per heavy atom. The van der Waals surface area contributed by atoms with Crippen molar-refractivity contribution in [3.05, 3.63) is 94.7 Å². The molecule has 0 aliphatic carbocycles. The number of carbonyl (C=O) groups is 2. The highest BCUT2D eigenvalue weighted by Crippen LogP contribution is 2.16. The van der Waals surface area contributed by atoms with Crippen LogP contribution in [0.2, 0.25) is 0 Å². The molecule has 0 atom stereocenters. The molecular formula is C32H41FN2O4. The van der Waals surface area contributed by atoms with Gasteiger partial charge in [0.1, 0.15) is 23.9 Å². The van der Waals surface area contributed by atoms with Gasteiger partial charge in [-0.1, -0.05) is 44.0 Å². The fraction of sp³-hybridized carbons (Fsp3) is 0.438. The van der Waals surface area contributed by atoms with E-state index in [1.54, 1.807) is 21.9 Å². The number of hydrogen-bond donors (Lipinski definition) is 0. The summed E-state index contributed by atoms with van der Waals surface area (Å²) >= 11 is 0. The minimum Gasteiger partial charge on any atom is -0.464 e. The molecule has 0 bridgehead atoms. The van der Waals surface area contributed by atoms with E-state index in [0.29, 0.717) is 37.5 Å². The molecule has 1 heterocycles. The SMILES string of the molecule is CCCCCc1ccc(C(=O)N(CCCOCC)CC(=O)N(Cc2ccc(F)cc2)Cc2ccc(C)o2)cc1. The third kappa shape index (κ3) is 9.98. The van der Waals surface area contributed by atoms with Gasteiger partial charge in [-0.2, -0.15) is 0 Å². The van der Waals surface area contributed by atoms with Crippen LogP contribution in [-0.2, 0) is 29.0 Å². The van der Waals surface area contributed by atoms with E-state index in [0.717, 1.165) is 24.2 Å². The lowest BCUT2D eigenvalue weighted by Gasteiger charge is -2.27. The molecule has 0 spiro atoms. The molecule has 0 saturated heterocycles. The summed E-state index contributed by atoms with van der Waals surface area (Å²) in [4.78, 5) is 30.4. The van der Waals surface area contributed by atoms with Crippen LogP contribution in [0, 0.1) is 12.7 Å². The second-order valence-corrected chi connectivity index (χ2v) is 9.82. The molecule has 2 amide bonds. The highest BCUT2D eigenvalue weighted by atomic mass is 19.1. The second kappa shape index (κ2) is 15.8. The van der Waals surface area contributed by atoms with Crippen LogP contribution >= 0.6 is 0 Å². The maximum Gasteiger partial charge on any atom is 0.254 e. The summed E-state index contributed by atoms with van der Waals surface area (Å²) in [5.41, 5.74) is 2.56. The lowest BCUT2D eigenvalue weighted by Crippen LogP contribution is -2.43. The fourth-order valence-electron chi connectivity index (χ4n) is 4.39. The number of benzene rings is 2. The van der Waals surface area contributed by atoms with Crippen LogP contribution in [0.15, 0.2) is 65.1 Å². The summed E-state index contributed by atoms with van der Waals surface area (Å²) in [6, 6.07) is 17.5. The number of rotatable bonds is 16. The molecule has 6 nitrogen and oxygen atoms in total. The van der Waals surface area contributed by atoms with Crippen molar-refractivity contribution < 1.29 is 23.1 Å². The van der Waals surface area contributed by atoms with Gasteiger partial charge in [0.25, 0.3) is 5.91 Å². The zero-order chi connectivity index (χ0) is 28.0. The molecule has 39 heavy (non-hydrogen) atoms. The standard InChI is InChI=1S/C32H41FN2O4/c1-4-6-7-9-26-11-15-28(16-12-26)32(37)34(20-8-21-38-5-2)24-31(36)35(23-30-19-10-25(3)39-30)22-27-13-17-29(33)18-14-27/h10-19H,4-9,20-24H2,1-3H3. The van der Waals surface area contributed by atoms with E-state index in [1.165, 1.54) is 30.5 Å². The van der Waals surface area contributed by atoms with Gasteiger partial charge in [-0.15, -0.1) is 0 Å². The van der Waals surface area contributed by atoms with Gasteiger partial charge >= 0.3 is 0 Å². The van der Waals surface area contributed by atoms with Crippen LogP contribution in [0.25, 0.3) is 0 Å². The Hall–Kier alpha value is -3.45. The molecular weight excluding hydrogens is 495 g/mol. The van der Waals surface area contributed by atoms with Crippen molar-refractivity contribution in [1.82, 2.24) is 9.80 Å². The number of furan rings is 1. The lowest BCUT2D eigenvalue weighted by atomic mass is 10.0. The molecule has 2 aromatic carbocycles. The van der Waals surface area contributed by atoms with Gasteiger partial charge in [0.15, 0.2) is 0 Å². The number of amides is 2. The van der Waals surface area contributed by atoms with Crippen LogP contribution in [0.3, 0.4) is 0 Å². The van der Waals surface area contributed by atoms with Crippen LogP contribution in [0.1, 0.15) is 72.5 Å². The van der Waals surface area contributed by atoms with Gasteiger partial charge in [0.05, 0.1) is 6.54 Å². The summed E-state index contributed by atoms with van der Waals surface area (Å²) in [5.74, 6) is 0.673. The Balaban J connectivity index is 1.76. The van der Waals surface area contributed by atoms with Gasteiger partial charge < -0.3 is 19.0 Å². The molecule has 3 rings (SSSR count). The topological polar surface area (TPSA) is 63.0 Å². The van der Waals surface area contributed by atoms with E-state index in [-0.39, 0.29) is 37.3 Å². The van der Waals surface area contributed by atoms with Crippen molar-refractivity contribution >= 4 is 11.8 Å². The van der Waals surface area contributed by atoms with Crippen molar-refractivity contribution in [1.29, 1.82) is 0 Å². The first-order valence-corrected chi connectivity index (χ1v) is 13.9. The number of hydrogen-bond acceptors (Lipinski definition) is 4. The maximum atomic E-state index is 13.6. The predicted octanol–water partition coefficient (Wildman–Crippen LogP) is 6.56. The minimum atomic E-state index is -0.333. The first kappa shape index (κ1) is 30.1. The third-order valence-corrected chi connectivity index (χ3v) is 6.59. The molecule has 1 aromatic heterocycles. The Bertz CT molecular complexity index is 1160. The van der Waals surface area contributed by atoms with Gasteiger partial charge in [0, 0.05) is 31.9 Å². The molecule has 0 aliphatic rings. The van der Waals surface area contributed by atoms with Gasteiger partial charge in [-0.25, -0.2) is 4.39 Å². The second-order valence-electron chi connectivity index (χ2n) is 9.82. The number of aryl methyl sites for hydroxylation is 2. The molecule has 0 saturated carbocycles. The molecule has 0 radical (unpaired) electrons. The summed E-state index contributed by atoms with van der Waals surface area (Å²) in [5, 5.41) is 0. The molecule has 3 aromatic rings. The monoisotopic (exact) mass is 536 g/mol. The predicted molar refractivity (Wildman–Crippen MR) is 151 cm³/mol. The van der Waals surface area contributed by atoms with E-state index in [4.69, 9.17) is 9.15 Å². The Morgan fingerprint density at radius 2 is 1.56 bits per heavy atom. The summed E-state index contributed by atoms with van der Waals surface area (Å²) in [6.07, 6.45) is 5.09. The zero-order valence-electron chi connectivity index (χ0n) is 23.5. The lowest BCUT2D eigenvalue weighted by molar-refractivity contribution is -0.133. The average Bonchev–Trinajstić information content (AvgIpc) is 3.35. The Morgan fingerprint density at radius 3 is 2.21 bits per heavy atom. The molecule has 0 aliphatic heterocycles. The highest BCUT2D eigenvalue weighted by molar-refractivity contribution is 5.96. The number of ether oxygens (including phenoxy) is 1. The Kier molecular flexibility index (Phi) is 12.2. The molecule has 210 valence electrons. The first-order chi connectivity index (χ1) is 18.9. The molecule has 0 N–H and O–H groups in total. The molecule has 0 fully saturated rings. The van der Waals surface area contributed by atoms with Crippen LogP contribution in [-0.4, -0.2) is 47.9 Å². The molecule has 7 heteroatoms. The fourth-order valence-corrected chi connectivity index (χ4v) is 4.39. The van der Waals surface area contributed by atoms with E-state index < -0.39 is 0 Å². The van der Waals surface area contributed by atoms with Gasteiger partial charge in [-0.05, 0) is 80.6 Å². The third-order valence-electron chi connectivity index (χ3n) is 6.59. The van der Waals surface area contributed by atoms with E-state index in [9.17, 15) is 14.0 Å². The summed E-state index contributed by atoms with van der Waals surface area (Å²) in [7, 11) is 0. The summed E-state index contributed by atoms with van der Waals surface area (Å²) < 4.78 is 24.7. The number of unbranched alkanes of at least 4 members (excludes halogenated alkanes) is 2. The van der Waals surface area contributed by atoms with E-state index in [1.807, 2.05) is 50.2 Å². The zero-order valence-corrected chi connectivity index (χ0v) is 23.5. The largest absolute Gasteiger partial charge is 0.464 e. The van der Waals surface area contributed by atoms with Crippen molar-refractivity contribution in [2.45, 2.75) is 66.0 Å². The first-order valence-electron chi connectivity index (χ1n) is 13.9. The number of nitrogens with zero attached hydrogens (tertiary/aromatic N) is 2. The normalized spacial score (nSPS) is 11.0. The van der Waals surface area contributed by atoms with Crippen molar-refractivity contribution in [3.8, 4) is 0 Å². The van der Waals surface area contributed by atoms with E-state index >= 15 is 0 Å². The highest BCUT2D eigenvalue weighted by Gasteiger charge is 2.23. The van der Waals surface area contributed by atoms with Gasteiger partial charge in [0.2, 0.25) is 5.91 Å². The van der Waals surface area contributed by atoms with Gasteiger partial charge in [-0.3, -0.25) is 9.59 Å². The quantitative estimate of drug-likeness (QED) is 0.195. The summed E-state index contributed by atoms with van der Waals surface area (Å²) in [6.45, 7) is 7.90. The maximum absolute atomic E-state index is 13.6.